The Morgan fingerprint density at radius 2 is 2.19 bits per heavy atom. The van der Waals surface area contributed by atoms with E-state index in [1.165, 1.54) is 0 Å². The molecule has 1 amide bonds. The smallest absolute Gasteiger partial charge is 0.256 e. The zero-order valence-corrected chi connectivity index (χ0v) is 18.7. The second kappa shape index (κ2) is 9.21. The van der Waals surface area contributed by atoms with E-state index in [1.807, 2.05) is 16.1 Å². The normalized spacial score (nSPS) is 32.8. The lowest BCUT2D eigenvalue weighted by Crippen LogP contribution is -2.48. The van der Waals surface area contributed by atoms with Crippen LogP contribution in [-0.2, 0) is 23.7 Å². The number of likely N-dealkylation sites (tertiary alicyclic amines) is 1. The maximum Gasteiger partial charge on any atom is 0.256 e. The Morgan fingerprint density at radius 3 is 2.97 bits per heavy atom. The van der Waals surface area contributed by atoms with Crippen molar-refractivity contribution in [2.24, 2.45) is 16.0 Å². The van der Waals surface area contributed by atoms with Crippen molar-refractivity contribution in [2.45, 2.75) is 37.5 Å². The van der Waals surface area contributed by atoms with Gasteiger partial charge in [-0.15, -0.1) is 0 Å². The highest BCUT2D eigenvalue weighted by molar-refractivity contribution is 6.09. The minimum Gasteiger partial charge on any atom is -0.495 e. The van der Waals surface area contributed by atoms with Crippen molar-refractivity contribution in [1.29, 1.82) is 0 Å². The summed E-state index contributed by atoms with van der Waals surface area (Å²) in [5.74, 6) is 2.38. The van der Waals surface area contributed by atoms with E-state index < -0.39 is 0 Å². The first-order valence-electron chi connectivity index (χ1n) is 11.3. The van der Waals surface area contributed by atoms with E-state index in [0.717, 1.165) is 43.0 Å². The molecule has 0 aliphatic carbocycles. The molecule has 0 aromatic heterocycles. The molecule has 4 atom stereocenters. The van der Waals surface area contributed by atoms with Gasteiger partial charge in [0.15, 0.2) is 5.76 Å². The Bertz CT molecular complexity index is 863. The third-order valence-corrected chi connectivity index (χ3v) is 6.70. The fraction of sp³-hybridized carbons (Fsp3) is 0.682. The van der Waals surface area contributed by atoms with E-state index in [4.69, 9.17) is 24.0 Å². The highest BCUT2D eigenvalue weighted by atomic mass is 16.6. The van der Waals surface area contributed by atoms with Gasteiger partial charge in [0.25, 0.3) is 11.8 Å². The summed E-state index contributed by atoms with van der Waals surface area (Å²) < 4.78 is 22.0. The fourth-order valence-electron chi connectivity index (χ4n) is 5.01. The standard InChI is InChI=1S/C22H31N5O5/c1-29-19-9-14(10-23-21(19)30-2)17-4-3-16-18(24-17)12-27(22(16)28)20-5-6-26(25-20)11-15-13-31-7-8-32-15/h3,10,14-15,17-18,24H,4-9,11-13H2,1-2H3. The topological polar surface area (TPSA) is 97.2 Å². The first-order valence-corrected chi connectivity index (χ1v) is 11.3. The van der Waals surface area contributed by atoms with Gasteiger partial charge in [0, 0.05) is 49.7 Å². The number of methoxy groups -OCH3 is 2. The quantitative estimate of drug-likeness (QED) is 0.657. The highest BCUT2D eigenvalue weighted by Gasteiger charge is 2.42. The molecule has 0 spiro atoms. The maximum atomic E-state index is 13.1. The largest absolute Gasteiger partial charge is 0.495 e. The highest BCUT2D eigenvalue weighted by Crippen LogP contribution is 2.31. The molecular formula is C22H31N5O5. The molecule has 5 aliphatic rings. The summed E-state index contributed by atoms with van der Waals surface area (Å²) in [5.41, 5.74) is 0.847. The summed E-state index contributed by atoms with van der Waals surface area (Å²) in [4.78, 5) is 19.3. The van der Waals surface area contributed by atoms with Crippen LogP contribution < -0.4 is 5.32 Å². The third-order valence-electron chi connectivity index (χ3n) is 6.70. The van der Waals surface area contributed by atoms with Gasteiger partial charge in [-0.2, -0.15) is 5.10 Å². The van der Waals surface area contributed by atoms with Gasteiger partial charge in [0.05, 0.1) is 46.6 Å². The maximum absolute atomic E-state index is 13.1. The van der Waals surface area contributed by atoms with Crippen molar-refractivity contribution < 1.29 is 23.7 Å². The molecule has 2 fully saturated rings. The van der Waals surface area contributed by atoms with Crippen LogP contribution in [0.2, 0.25) is 0 Å². The molecule has 10 nitrogen and oxygen atoms in total. The van der Waals surface area contributed by atoms with Gasteiger partial charge < -0.3 is 24.3 Å². The number of nitrogens with zero attached hydrogens (tertiary/aromatic N) is 4. The number of hydrogen-bond donors (Lipinski definition) is 1. The van der Waals surface area contributed by atoms with Crippen molar-refractivity contribution >= 4 is 18.0 Å². The van der Waals surface area contributed by atoms with Crippen LogP contribution in [0, 0.1) is 5.92 Å². The number of hydrazone groups is 1. The number of carbonyl (C=O) groups is 1. The van der Waals surface area contributed by atoms with Crippen molar-refractivity contribution in [1.82, 2.24) is 15.2 Å². The number of amides is 1. The number of nitrogens with one attached hydrogen (secondary N) is 1. The summed E-state index contributed by atoms with van der Waals surface area (Å²) in [6, 6.07) is 0.189. The van der Waals surface area contributed by atoms with Gasteiger partial charge in [-0.25, -0.2) is 4.99 Å². The SMILES string of the molecule is COC1=C(OC)N=CC(C2CC=C3C(=O)N(C4=NN(CC5COCCO5)CC4)CC3N2)C1. The van der Waals surface area contributed by atoms with Gasteiger partial charge in [-0.05, 0) is 6.42 Å². The monoisotopic (exact) mass is 445 g/mol. The molecule has 0 aromatic rings. The summed E-state index contributed by atoms with van der Waals surface area (Å²) >= 11 is 0. The van der Waals surface area contributed by atoms with Crippen LogP contribution in [0.15, 0.2) is 33.4 Å². The van der Waals surface area contributed by atoms with Crippen LogP contribution >= 0.6 is 0 Å². The van der Waals surface area contributed by atoms with E-state index in [1.54, 1.807) is 14.2 Å². The Kier molecular flexibility index (Phi) is 6.16. The summed E-state index contributed by atoms with van der Waals surface area (Å²) in [5, 5.41) is 10.4. The average molecular weight is 446 g/mol. The number of amidine groups is 1. The lowest BCUT2D eigenvalue weighted by molar-refractivity contribution is -0.121. The van der Waals surface area contributed by atoms with Crippen molar-refractivity contribution in [3.63, 3.8) is 0 Å². The summed E-state index contributed by atoms with van der Waals surface area (Å²) in [6.45, 7) is 3.98. The first-order chi connectivity index (χ1) is 15.7. The number of ether oxygens (including phenoxy) is 4. The number of rotatable bonds is 5. The fourth-order valence-corrected chi connectivity index (χ4v) is 5.01. The summed E-state index contributed by atoms with van der Waals surface area (Å²) in [7, 11) is 3.24. The predicted octanol–water partition coefficient (Wildman–Crippen LogP) is 0.473. The number of fused-ring (bicyclic) bond motifs is 1. The molecule has 0 bridgehead atoms. The van der Waals surface area contributed by atoms with Crippen molar-refractivity contribution in [3.8, 4) is 0 Å². The Hall–Kier alpha value is -2.43. The van der Waals surface area contributed by atoms with Gasteiger partial charge in [0.1, 0.15) is 11.9 Å². The minimum atomic E-state index is 0.000254. The average Bonchev–Trinajstić information content (AvgIpc) is 3.43. The molecule has 5 aliphatic heterocycles. The molecule has 5 heterocycles. The third kappa shape index (κ3) is 4.14. The van der Waals surface area contributed by atoms with Crippen LogP contribution in [0.5, 0.6) is 0 Å². The second-order valence-electron chi connectivity index (χ2n) is 8.67. The van der Waals surface area contributed by atoms with E-state index >= 15 is 0 Å². The molecule has 2 saturated heterocycles. The van der Waals surface area contributed by atoms with Crippen molar-refractivity contribution in [3.05, 3.63) is 23.3 Å². The molecule has 5 rings (SSSR count). The van der Waals surface area contributed by atoms with Gasteiger partial charge >= 0.3 is 0 Å². The van der Waals surface area contributed by atoms with E-state index in [2.05, 4.69) is 16.4 Å². The molecule has 174 valence electrons. The van der Waals surface area contributed by atoms with E-state index in [9.17, 15) is 4.79 Å². The van der Waals surface area contributed by atoms with Crippen LogP contribution in [0.25, 0.3) is 0 Å². The first kappa shape index (κ1) is 21.4. The van der Waals surface area contributed by atoms with Gasteiger partial charge in [-0.3, -0.25) is 14.7 Å². The number of carbonyl (C=O) groups excluding carboxylic acids is 1. The number of aliphatic imine (C=N–C) groups is 1. The molecular weight excluding hydrogens is 414 g/mol. The second-order valence-corrected chi connectivity index (χ2v) is 8.67. The molecule has 32 heavy (non-hydrogen) atoms. The van der Waals surface area contributed by atoms with E-state index in [-0.39, 0.29) is 30.0 Å². The zero-order chi connectivity index (χ0) is 22.1. The molecule has 0 saturated carbocycles. The van der Waals surface area contributed by atoms with Crippen LogP contribution in [0.4, 0.5) is 0 Å². The summed E-state index contributed by atoms with van der Waals surface area (Å²) in [6.07, 6.45) is 6.32. The molecule has 10 heteroatoms. The van der Waals surface area contributed by atoms with Crippen LogP contribution in [0.3, 0.4) is 0 Å². The van der Waals surface area contributed by atoms with Gasteiger partial charge in [-0.1, -0.05) is 6.08 Å². The van der Waals surface area contributed by atoms with E-state index in [0.29, 0.717) is 38.8 Å². The molecule has 0 radical (unpaired) electrons. The predicted molar refractivity (Wildman–Crippen MR) is 117 cm³/mol. The zero-order valence-electron chi connectivity index (χ0n) is 18.7. The van der Waals surface area contributed by atoms with Gasteiger partial charge in [0.2, 0.25) is 0 Å². The molecule has 4 unspecified atom stereocenters. The van der Waals surface area contributed by atoms with Crippen LogP contribution in [0.1, 0.15) is 19.3 Å². The molecule has 1 N–H and O–H groups in total. The Balaban J connectivity index is 1.21. The number of allylic oxidation sites excluding steroid dienone is 1. The van der Waals surface area contributed by atoms with Crippen LogP contribution in [-0.4, -0.2) is 99.7 Å². The Labute approximate surface area is 187 Å². The minimum absolute atomic E-state index is 0.000254. The molecule has 0 aromatic carbocycles. The lowest BCUT2D eigenvalue weighted by Gasteiger charge is -2.32. The lowest BCUT2D eigenvalue weighted by atomic mass is 9.88. The Morgan fingerprint density at radius 1 is 1.28 bits per heavy atom. The van der Waals surface area contributed by atoms with Crippen molar-refractivity contribution in [2.75, 3.05) is 53.7 Å². The number of hydrogen-bond acceptors (Lipinski definition) is 9.